The van der Waals surface area contributed by atoms with Crippen LogP contribution in [0.5, 0.6) is 5.75 Å². The summed E-state index contributed by atoms with van der Waals surface area (Å²) in [4.78, 5) is 14.9. The second-order valence-electron chi connectivity index (χ2n) is 7.47. The Labute approximate surface area is 138 Å². The quantitative estimate of drug-likeness (QED) is 0.929. The van der Waals surface area contributed by atoms with Crippen molar-refractivity contribution in [2.75, 3.05) is 32.8 Å². The van der Waals surface area contributed by atoms with Crippen LogP contribution in [0.15, 0.2) is 24.3 Å². The third kappa shape index (κ3) is 3.23. The SMILES string of the molecule is O=C(c1ccccc1OCC1CC1)N1CCC2(CCNC2)CC1. The van der Waals surface area contributed by atoms with E-state index in [1.807, 2.05) is 29.2 Å². The Morgan fingerprint density at radius 3 is 2.70 bits per heavy atom. The zero-order valence-electron chi connectivity index (χ0n) is 13.7. The predicted octanol–water partition coefficient (Wildman–Crippen LogP) is 2.69. The number of hydrogen-bond acceptors (Lipinski definition) is 3. The number of ether oxygens (including phenoxy) is 1. The van der Waals surface area contributed by atoms with Crippen LogP contribution >= 0.6 is 0 Å². The second kappa shape index (κ2) is 6.16. The van der Waals surface area contributed by atoms with Crippen LogP contribution in [0.2, 0.25) is 0 Å². The summed E-state index contributed by atoms with van der Waals surface area (Å²) in [6.45, 7) is 4.75. The normalized spacial score (nSPS) is 23.2. The lowest BCUT2D eigenvalue weighted by molar-refractivity contribution is 0.0603. The first-order valence-electron chi connectivity index (χ1n) is 8.98. The van der Waals surface area contributed by atoms with E-state index in [9.17, 15) is 4.79 Å². The van der Waals surface area contributed by atoms with Crippen molar-refractivity contribution in [2.45, 2.75) is 32.1 Å². The highest BCUT2D eigenvalue weighted by Gasteiger charge is 2.38. The van der Waals surface area contributed by atoms with Gasteiger partial charge in [0.15, 0.2) is 0 Å². The van der Waals surface area contributed by atoms with Crippen LogP contribution in [0, 0.1) is 11.3 Å². The molecule has 1 amide bonds. The molecule has 2 saturated heterocycles. The van der Waals surface area contributed by atoms with Gasteiger partial charge < -0.3 is 15.0 Å². The molecule has 0 unspecified atom stereocenters. The molecule has 1 N–H and O–H groups in total. The van der Waals surface area contributed by atoms with Crippen molar-refractivity contribution in [2.24, 2.45) is 11.3 Å². The maximum Gasteiger partial charge on any atom is 0.257 e. The summed E-state index contributed by atoms with van der Waals surface area (Å²) in [5.74, 6) is 1.59. The zero-order valence-corrected chi connectivity index (χ0v) is 13.7. The fourth-order valence-corrected chi connectivity index (χ4v) is 3.84. The van der Waals surface area contributed by atoms with Gasteiger partial charge in [-0.15, -0.1) is 0 Å². The van der Waals surface area contributed by atoms with Gasteiger partial charge in [0.05, 0.1) is 12.2 Å². The van der Waals surface area contributed by atoms with E-state index in [4.69, 9.17) is 4.74 Å². The number of rotatable bonds is 4. The van der Waals surface area contributed by atoms with Gasteiger partial charge in [-0.2, -0.15) is 0 Å². The molecule has 23 heavy (non-hydrogen) atoms. The highest BCUT2D eigenvalue weighted by atomic mass is 16.5. The molecule has 124 valence electrons. The van der Waals surface area contributed by atoms with Gasteiger partial charge in [0, 0.05) is 19.6 Å². The smallest absolute Gasteiger partial charge is 0.257 e. The molecule has 0 bridgehead atoms. The van der Waals surface area contributed by atoms with Gasteiger partial charge in [0.2, 0.25) is 0 Å². The molecule has 1 aromatic rings. The molecule has 4 rings (SSSR count). The van der Waals surface area contributed by atoms with Crippen molar-refractivity contribution in [1.82, 2.24) is 10.2 Å². The fraction of sp³-hybridized carbons (Fsp3) is 0.632. The zero-order chi connectivity index (χ0) is 15.7. The summed E-state index contributed by atoms with van der Waals surface area (Å²) in [6, 6.07) is 7.73. The number of nitrogens with zero attached hydrogens (tertiary/aromatic N) is 1. The van der Waals surface area contributed by atoms with Gasteiger partial charge in [0.25, 0.3) is 5.91 Å². The molecular formula is C19H26N2O2. The molecule has 1 spiro atoms. The first-order valence-corrected chi connectivity index (χ1v) is 8.98. The number of benzene rings is 1. The number of hydrogen-bond donors (Lipinski definition) is 1. The van der Waals surface area contributed by atoms with Gasteiger partial charge in [-0.25, -0.2) is 0 Å². The maximum absolute atomic E-state index is 12.9. The van der Waals surface area contributed by atoms with Crippen molar-refractivity contribution < 1.29 is 9.53 Å². The number of carbonyl (C=O) groups excluding carboxylic acids is 1. The average molecular weight is 314 g/mol. The second-order valence-corrected chi connectivity index (χ2v) is 7.47. The molecule has 1 saturated carbocycles. The van der Waals surface area contributed by atoms with Crippen molar-refractivity contribution in [3.8, 4) is 5.75 Å². The number of carbonyl (C=O) groups is 1. The molecular weight excluding hydrogens is 288 g/mol. The fourth-order valence-electron chi connectivity index (χ4n) is 3.84. The molecule has 4 nitrogen and oxygen atoms in total. The molecule has 4 heteroatoms. The largest absolute Gasteiger partial charge is 0.492 e. The van der Waals surface area contributed by atoms with Crippen LogP contribution in [-0.2, 0) is 0 Å². The van der Waals surface area contributed by atoms with E-state index in [-0.39, 0.29) is 5.91 Å². The molecule has 0 aromatic heterocycles. The molecule has 3 aliphatic rings. The number of amides is 1. The monoisotopic (exact) mass is 314 g/mol. The molecule has 1 aliphatic carbocycles. The Morgan fingerprint density at radius 2 is 2.00 bits per heavy atom. The molecule has 3 fully saturated rings. The van der Waals surface area contributed by atoms with Crippen molar-refractivity contribution in [3.63, 3.8) is 0 Å². The summed E-state index contributed by atoms with van der Waals surface area (Å²) in [6.07, 6.45) is 6.03. The van der Waals surface area contributed by atoms with Crippen molar-refractivity contribution in [3.05, 3.63) is 29.8 Å². The van der Waals surface area contributed by atoms with E-state index in [1.165, 1.54) is 19.3 Å². The molecule has 1 aromatic carbocycles. The minimum Gasteiger partial charge on any atom is -0.492 e. The van der Waals surface area contributed by atoms with E-state index >= 15 is 0 Å². The number of likely N-dealkylation sites (tertiary alicyclic amines) is 1. The predicted molar refractivity (Wildman–Crippen MR) is 89.7 cm³/mol. The van der Waals surface area contributed by atoms with E-state index in [0.29, 0.717) is 11.3 Å². The van der Waals surface area contributed by atoms with Crippen LogP contribution in [0.1, 0.15) is 42.5 Å². The van der Waals surface area contributed by atoms with Crippen LogP contribution in [0.3, 0.4) is 0 Å². The summed E-state index contributed by atoms with van der Waals surface area (Å²) in [7, 11) is 0. The Kier molecular flexibility index (Phi) is 4.02. The summed E-state index contributed by atoms with van der Waals surface area (Å²) in [5.41, 5.74) is 1.17. The van der Waals surface area contributed by atoms with E-state index in [0.717, 1.165) is 56.9 Å². The minimum atomic E-state index is 0.136. The third-order valence-corrected chi connectivity index (χ3v) is 5.73. The molecule has 0 atom stereocenters. The Hall–Kier alpha value is -1.55. The topological polar surface area (TPSA) is 41.6 Å². The van der Waals surface area contributed by atoms with E-state index < -0.39 is 0 Å². The first kappa shape index (κ1) is 15.0. The summed E-state index contributed by atoms with van der Waals surface area (Å²) >= 11 is 0. The van der Waals surface area contributed by atoms with Crippen LogP contribution in [-0.4, -0.2) is 43.6 Å². The number of nitrogens with one attached hydrogen (secondary N) is 1. The molecule has 2 aliphatic heterocycles. The van der Waals surface area contributed by atoms with Crippen molar-refractivity contribution >= 4 is 5.91 Å². The van der Waals surface area contributed by atoms with E-state index in [1.54, 1.807) is 0 Å². The highest BCUT2D eigenvalue weighted by molar-refractivity contribution is 5.97. The Morgan fingerprint density at radius 1 is 1.22 bits per heavy atom. The maximum atomic E-state index is 12.9. The van der Waals surface area contributed by atoms with Gasteiger partial charge in [-0.05, 0) is 62.1 Å². The van der Waals surface area contributed by atoms with Crippen LogP contribution < -0.4 is 10.1 Å². The molecule has 0 radical (unpaired) electrons. The summed E-state index contributed by atoms with van der Waals surface area (Å²) in [5, 5.41) is 3.48. The van der Waals surface area contributed by atoms with Gasteiger partial charge in [-0.3, -0.25) is 4.79 Å². The summed E-state index contributed by atoms with van der Waals surface area (Å²) < 4.78 is 5.91. The first-order chi connectivity index (χ1) is 11.3. The third-order valence-electron chi connectivity index (χ3n) is 5.73. The number of piperidine rings is 1. The van der Waals surface area contributed by atoms with Gasteiger partial charge in [-0.1, -0.05) is 12.1 Å². The average Bonchev–Trinajstić information content (AvgIpc) is 3.33. The van der Waals surface area contributed by atoms with Crippen LogP contribution in [0.4, 0.5) is 0 Å². The Bertz CT molecular complexity index is 566. The number of para-hydroxylation sites is 1. The lowest BCUT2D eigenvalue weighted by atomic mass is 9.78. The lowest BCUT2D eigenvalue weighted by Gasteiger charge is -2.39. The highest BCUT2D eigenvalue weighted by Crippen LogP contribution is 2.37. The van der Waals surface area contributed by atoms with E-state index in [2.05, 4.69) is 5.32 Å². The van der Waals surface area contributed by atoms with Gasteiger partial charge >= 0.3 is 0 Å². The Balaban J connectivity index is 1.42. The van der Waals surface area contributed by atoms with Crippen molar-refractivity contribution in [1.29, 1.82) is 0 Å². The standard InChI is InChI=1S/C19H26N2O2/c22-18(21-11-8-19(9-12-21)7-10-20-14-19)16-3-1-2-4-17(16)23-13-15-5-6-15/h1-4,15,20H,5-14H2. The van der Waals surface area contributed by atoms with Gasteiger partial charge in [0.1, 0.15) is 5.75 Å². The molecule has 2 heterocycles. The minimum absolute atomic E-state index is 0.136. The van der Waals surface area contributed by atoms with Crippen LogP contribution in [0.25, 0.3) is 0 Å². The lowest BCUT2D eigenvalue weighted by Crippen LogP contribution is -2.44.